The van der Waals surface area contributed by atoms with Crippen LogP contribution >= 0.6 is 15.9 Å². The zero-order chi connectivity index (χ0) is 10.1. The Morgan fingerprint density at radius 1 is 1.23 bits per heavy atom. The molecule has 0 saturated heterocycles. The smallest absolute Gasteiger partial charge is 0.246 e. The first-order valence-corrected chi connectivity index (χ1v) is 4.16. The Bertz CT molecular complexity index is 306. The second kappa shape index (κ2) is 3.65. The van der Waals surface area contributed by atoms with Gasteiger partial charge in [-0.15, -0.1) is 0 Å². The van der Waals surface area contributed by atoms with Crippen molar-refractivity contribution in [2.45, 2.75) is 12.9 Å². The summed E-state index contributed by atoms with van der Waals surface area (Å²) in [5, 5.41) is 0. The zero-order valence-electron chi connectivity index (χ0n) is 6.33. The van der Waals surface area contributed by atoms with Crippen LogP contribution in [0.2, 0.25) is 0 Å². The van der Waals surface area contributed by atoms with Gasteiger partial charge in [0, 0.05) is 4.47 Å². The molecule has 0 heterocycles. The first-order chi connectivity index (χ1) is 5.95. The van der Waals surface area contributed by atoms with Crippen molar-refractivity contribution in [1.29, 1.82) is 0 Å². The van der Waals surface area contributed by atoms with Gasteiger partial charge in [0.1, 0.15) is 6.67 Å². The maximum atomic E-state index is 12.2. The molecular formula is C8H5BrF4. The molecule has 1 aromatic carbocycles. The topological polar surface area (TPSA) is 0 Å². The molecule has 0 fully saturated rings. The van der Waals surface area contributed by atoms with Gasteiger partial charge in [0.25, 0.3) is 0 Å². The van der Waals surface area contributed by atoms with Crippen LogP contribution in [0.3, 0.4) is 0 Å². The molecule has 0 atom stereocenters. The van der Waals surface area contributed by atoms with Crippen LogP contribution in [0.5, 0.6) is 0 Å². The molecule has 0 saturated carbocycles. The second-order valence-electron chi connectivity index (χ2n) is 2.43. The minimum absolute atomic E-state index is 0.345. The van der Waals surface area contributed by atoms with Crippen LogP contribution < -0.4 is 0 Å². The Morgan fingerprint density at radius 3 is 2.31 bits per heavy atom. The number of halogens is 5. The molecule has 1 rings (SSSR count). The van der Waals surface area contributed by atoms with Gasteiger partial charge < -0.3 is 0 Å². The van der Waals surface area contributed by atoms with Crippen molar-refractivity contribution in [2.75, 3.05) is 0 Å². The summed E-state index contributed by atoms with van der Waals surface area (Å²) in [7, 11) is 0. The Labute approximate surface area is 80.7 Å². The fourth-order valence-corrected chi connectivity index (χ4v) is 1.36. The van der Waals surface area contributed by atoms with E-state index < -0.39 is 18.4 Å². The van der Waals surface area contributed by atoms with Crippen molar-refractivity contribution < 1.29 is 17.6 Å². The molecule has 1 aromatic rings. The molecule has 0 aliphatic rings. The molecule has 0 N–H and O–H groups in total. The van der Waals surface area contributed by atoms with Crippen LogP contribution in [0.1, 0.15) is 11.1 Å². The third kappa shape index (κ3) is 2.43. The summed E-state index contributed by atoms with van der Waals surface area (Å²) >= 11 is 2.97. The number of rotatable bonds is 1. The van der Waals surface area contributed by atoms with Crippen molar-refractivity contribution in [3.63, 3.8) is 0 Å². The maximum Gasteiger partial charge on any atom is 0.416 e. The van der Waals surface area contributed by atoms with Gasteiger partial charge in [-0.1, -0.05) is 15.9 Å². The molecule has 0 radical (unpaired) electrons. The van der Waals surface area contributed by atoms with Gasteiger partial charge in [-0.05, 0) is 23.8 Å². The minimum atomic E-state index is -4.48. The normalized spacial score (nSPS) is 11.8. The largest absolute Gasteiger partial charge is 0.416 e. The van der Waals surface area contributed by atoms with E-state index in [-0.39, 0.29) is 5.56 Å². The Kier molecular flexibility index (Phi) is 2.95. The standard InChI is InChI=1S/C8H5BrF4/c9-6-1-2-7(8(11,12)13)5(3-6)4-10/h1-3H,4H2. The highest BCUT2D eigenvalue weighted by Gasteiger charge is 2.33. The van der Waals surface area contributed by atoms with Crippen LogP contribution in [-0.2, 0) is 12.9 Å². The summed E-state index contributed by atoms with van der Waals surface area (Å²) in [6.07, 6.45) is -4.48. The highest BCUT2D eigenvalue weighted by Crippen LogP contribution is 2.33. The molecule has 0 spiro atoms. The van der Waals surface area contributed by atoms with E-state index in [0.29, 0.717) is 4.47 Å². The van der Waals surface area contributed by atoms with E-state index in [9.17, 15) is 17.6 Å². The first-order valence-electron chi connectivity index (χ1n) is 3.36. The average Bonchev–Trinajstić information content (AvgIpc) is 2.01. The number of alkyl halides is 4. The van der Waals surface area contributed by atoms with E-state index in [1.165, 1.54) is 6.07 Å². The van der Waals surface area contributed by atoms with Gasteiger partial charge in [-0.25, -0.2) is 4.39 Å². The molecule has 0 bridgehead atoms. The van der Waals surface area contributed by atoms with Gasteiger partial charge in [0.05, 0.1) is 5.56 Å². The number of hydrogen-bond donors (Lipinski definition) is 0. The minimum Gasteiger partial charge on any atom is -0.246 e. The quantitative estimate of drug-likeness (QED) is 0.668. The number of benzene rings is 1. The van der Waals surface area contributed by atoms with E-state index in [2.05, 4.69) is 15.9 Å². The highest BCUT2D eigenvalue weighted by atomic mass is 79.9. The van der Waals surface area contributed by atoms with Gasteiger partial charge in [-0.2, -0.15) is 13.2 Å². The van der Waals surface area contributed by atoms with E-state index >= 15 is 0 Å². The van der Waals surface area contributed by atoms with Crippen LogP contribution in [-0.4, -0.2) is 0 Å². The third-order valence-electron chi connectivity index (χ3n) is 1.52. The second-order valence-corrected chi connectivity index (χ2v) is 3.35. The van der Waals surface area contributed by atoms with Crippen molar-refractivity contribution in [1.82, 2.24) is 0 Å². The summed E-state index contributed by atoms with van der Waals surface area (Å²) in [5.41, 5.74) is -1.26. The average molecular weight is 257 g/mol. The molecule has 0 nitrogen and oxygen atoms in total. The Morgan fingerprint density at radius 2 is 1.85 bits per heavy atom. The van der Waals surface area contributed by atoms with E-state index in [1.54, 1.807) is 0 Å². The van der Waals surface area contributed by atoms with Crippen LogP contribution in [0, 0.1) is 0 Å². The lowest BCUT2D eigenvalue weighted by molar-refractivity contribution is -0.138. The van der Waals surface area contributed by atoms with Crippen molar-refractivity contribution in [2.24, 2.45) is 0 Å². The van der Waals surface area contributed by atoms with Gasteiger partial charge in [0.2, 0.25) is 0 Å². The lowest BCUT2D eigenvalue weighted by atomic mass is 10.1. The molecule has 0 aromatic heterocycles. The summed E-state index contributed by atoms with van der Waals surface area (Å²) in [6.45, 7) is -1.12. The summed E-state index contributed by atoms with van der Waals surface area (Å²) in [5.74, 6) is 0. The SMILES string of the molecule is FCc1cc(Br)ccc1C(F)(F)F. The molecule has 0 aliphatic heterocycles. The maximum absolute atomic E-state index is 12.2. The van der Waals surface area contributed by atoms with Gasteiger partial charge in [0.15, 0.2) is 0 Å². The van der Waals surface area contributed by atoms with Gasteiger partial charge in [-0.3, -0.25) is 0 Å². The fraction of sp³-hybridized carbons (Fsp3) is 0.250. The van der Waals surface area contributed by atoms with Crippen LogP contribution in [0.15, 0.2) is 22.7 Å². The molecule has 0 unspecified atom stereocenters. The molecule has 13 heavy (non-hydrogen) atoms. The van der Waals surface area contributed by atoms with Crippen molar-refractivity contribution >= 4 is 15.9 Å². The van der Waals surface area contributed by atoms with Crippen LogP contribution in [0.4, 0.5) is 17.6 Å². The van der Waals surface area contributed by atoms with E-state index in [1.807, 2.05) is 0 Å². The Hall–Kier alpha value is -0.580. The van der Waals surface area contributed by atoms with Crippen molar-refractivity contribution in [3.8, 4) is 0 Å². The van der Waals surface area contributed by atoms with Crippen molar-refractivity contribution in [3.05, 3.63) is 33.8 Å². The van der Waals surface area contributed by atoms with Crippen LogP contribution in [0.25, 0.3) is 0 Å². The third-order valence-corrected chi connectivity index (χ3v) is 2.01. The lowest BCUT2D eigenvalue weighted by Crippen LogP contribution is -2.08. The summed E-state index contributed by atoms with van der Waals surface area (Å²) in [4.78, 5) is 0. The lowest BCUT2D eigenvalue weighted by Gasteiger charge is -2.10. The zero-order valence-corrected chi connectivity index (χ0v) is 7.91. The molecule has 5 heteroatoms. The molecule has 72 valence electrons. The summed E-state index contributed by atoms with van der Waals surface area (Å²) in [6, 6.07) is 3.23. The molecule has 0 amide bonds. The molecule has 0 aliphatic carbocycles. The van der Waals surface area contributed by atoms with E-state index in [4.69, 9.17) is 0 Å². The number of hydrogen-bond acceptors (Lipinski definition) is 0. The fourth-order valence-electron chi connectivity index (χ4n) is 0.949. The predicted molar refractivity (Wildman–Crippen MR) is 44.0 cm³/mol. The monoisotopic (exact) mass is 256 g/mol. The van der Waals surface area contributed by atoms with E-state index in [0.717, 1.165) is 12.1 Å². The highest BCUT2D eigenvalue weighted by molar-refractivity contribution is 9.10. The van der Waals surface area contributed by atoms with Gasteiger partial charge >= 0.3 is 6.18 Å². The predicted octanol–water partition coefficient (Wildman–Crippen LogP) is 3.94. The molecular weight excluding hydrogens is 252 g/mol. The Balaban J connectivity index is 3.22. The first kappa shape index (κ1) is 10.5. The summed E-state index contributed by atoms with van der Waals surface area (Å²) < 4.78 is 49.2.